The first-order valence-electron chi connectivity index (χ1n) is 23.2. The van der Waals surface area contributed by atoms with Gasteiger partial charge in [-0.05, 0) is 70.6 Å². The molecule has 9 heteroatoms. The Labute approximate surface area is 351 Å². The van der Waals surface area contributed by atoms with Gasteiger partial charge in [-0.1, -0.05) is 171 Å². The number of unbranched alkanes of at least 4 members (excludes halogenated alkanes) is 20. The Morgan fingerprint density at radius 3 is 1.58 bits per heavy atom. The molecule has 3 unspecified atom stereocenters. The topological polar surface area (TPSA) is 108 Å². The minimum Gasteiger partial charge on any atom is -0.756 e. The number of aliphatic hydroxyl groups excluding tert-OH is 1. The van der Waals surface area contributed by atoms with Crippen LogP contribution >= 0.6 is 7.82 Å². The van der Waals surface area contributed by atoms with E-state index in [-0.39, 0.29) is 12.5 Å². The SMILES string of the molecule is CCCC/C=C/CC/C=C/CC/C=C/C(O)C(COP(=O)([O-])OCC[N+](C)(C)C)NC(=O)CCCCCCCCC/C=C\C/C=C\CCCCCCCCCCC. The van der Waals surface area contributed by atoms with Gasteiger partial charge in [-0.25, -0.2) is 0 Å². The average Bonchev–Trinajstić information content (AvgIpc) is 3.16. The molecule has 0 fully saturated rings. The van der Waals surface area contributed by atoms with E-state index in [9.17, 15) is 19.4 Å². The van der Waals surface area contributed by atoms with Gasteiger partial charge in [0.1, 0.15) is 13.2 Å². The molecule has 3 atom stereocenters. The molecular weight excluding hydrogens is 732 g/mol. The Bertz CT molecular complexity index is 1110. The van der Waals surface area contributed by atoms with Crippen LogP contribution in [0.5, 0.6) is 0 Å². The molecular formula is C48H89N2O6P. The van der Waals surface area contributed by atoms with Crippen molar-refractivity contribution >= 4 is 13.7 Å². The quantitative estimate of drug-likeness (QED) is 0.0275. The number of phosphoric ester groups is 1. The summed E-state index contributed by atoms with van der Waals surface area (Å²) in [5.41, 5.74) is 0. The summed E-state index contributed by atoms with van der Waals surface area (Å²) in [5, 5.41) is 13.7. The molecule has 2 N–H and O–H groups in total. The van der Waals surface area contributed by atoms with Crippen molar-refractivity contribution in [2.45, 2.75) is 199 Å². The van der Waals surface area contributed by atoms with Crippen LogP contribution in [0.4, 0.5) is 0 Å². The lowest BCUT2D eigenvalue weighted by atomic mass is 10.1. The van der Waals surface area contributed by atoms with Gasteiger partial charge < -0.3 is 28.8 Å². The summed E-state index contributed by atoms with van der Waals surface area (Å²) in [6.45, 7) is 4.55. The predicted molar refractivity (Wildman–Crippen MR) is 242 cm³/mol. The van der Waals surface area contributed by atoms with E-state index in [0.29, 0.717) is 17.4 Å². The summed E-state index contributed by atoms with van der Waals surface area (Å²) in [6, 6.07) is -0.914. The van der Waals surface area contributed by atoms with Crippen LogP contribution in [-0.2, 0) is 18.4 Å². The molecule has 0 radical (unpaired) electrons. The third kappa shape index (κ3) is 42.1. The van der Waals surface area contributed by atoms with E-state index in [0.717, 1.165) is 70.6 Å². The number of phosphoric acid groups is 1. The summed E-state index contributed by atoms with van der Waals surface area (Å²) in [5.74, 6) is -0.223. The van der Waals surface area contributed by atoms with Crippen LogP contribution in [0.2, 0.25) is 0 Å². The van der Waals surface area contributed by atoms with Gasteiger partial charge in [-0.2, -0.15) is 0 Å². The molecule has 0 aromatic rings. The standard InChI is InChI=1S/C48H89N2O6P/c1-6-8-10-12-14-16-18-20-21-22-23-24-25-26-27-28-29-30-32-34-36-38-40-42-48(52)49-46(45-56-57(53,54)55-44-43-50(3,4)5)47(51)41-39-37-35-33-31-19-17-15-13-11-9-7-2/h13,15,23-24,26-27,31,33,39,41,46-47,51H,6-12,14,16-22,25,28-30,32,34-38,40,42-45H2,1-5H3,(H-,49,52,53,54)/b15-13+,24-23-,27-26-,33-31+,41-39+. The highest BCUT2D eigenvalue weighted by atomic mass is 31.2. The molecule has 0 bridgehead atoms. The summed E-state index contributed by atoms with van der Waals surface area (Å²) in [6.07, 6.45) is 51.4. The molecule has 0 saturated heterocycles. The highest BCUT2D eigenvalue weighted by molar-refractivity contribution is 7.45. The van der Waals surface area contributed by atoms with Crippen LogP contribution in [0.15, 0.2) is 60.8 Å². The zero-order valence-electron chi connectivity index (χ0n) is 37.5. The molecule has 0 spiro atoms. The van der Waals surface area contributed by atoms with Gasteiger partial charge in [0.15, 0.2) is 0 Å². The number of likely N-dealkylation sites (N-methyl/N-ethyl adjacent to an activating group) is 1. The molecule has 0 saturated carbocycles. The van der Waals surface area contributed by atoms with Gasteiger partial charge in [0.05, 0.1) is 39.9 Å². The molecule has 332 valence electrons. The number of hydrogen-bond acceptors (Lipinski definition) is 6. The fourth-order valence-corrected chi connectivity index (χ4v) is 6.92. The van der Waals surface area contributed by atoms with Crippen LogP contribution in [0, 0.1) is 0 Å². The number of carbonyl (C=O) groups is 1. The summed E-state index contributed by atoms with van der Waals surface area (Å²) in [7, 11) is 1.22. The number of amides is 1. The van der Waals surface area contributed by atoms with Crippen LogP contribution in [-0.4, -0.2) is 68.5 Å². The summed E-state index contributed by atoms with van der Waals surface area (Å²) >= 11 is 0. The smallest absolute Gasteiger partial charge is 0.268 e. The maximum absolute atomic E-state index is 12.8. The Morgan fingerprint density at radius 2 is 1.05 bits per heavy atom. The number of carbonyl (C=O) groups excluding carboxylic acids is 1. The van der Waals surface area contributed by atoms with Crippen molar-refractivity contribution < 1.29 is 32.9 Å². The molecule has 57 heavy (non-hydrogen) atoms. The van der Waals surface area contributed by atoms with Gasteiger partial charge in [-0.3, -0.25) is 9.36 Å². The zero-order valence-corrected chi connectivity index (χ0v) is 38.4. The monoisotopic (exact) mass is 821 g/mol. The number of nitrogens with one attached hydrogen (secondary N) is 1. The van der Waals surface area contributed by atoms with Crippen molar-refractivity contribution in [1.82, 2.24) is 5.32 Å². The predicted octanol–water partition coefficient (Wildman–Crippen LogP) is 12.4. The molecule has 0 aromatic heterocycles. The minimum atomic E-state index is -4.60. The van der Waals surface area contributed by atoms with Crippen molar-refractivity contribution in [3.05, 3.63) is 60.8 Å². The maximum atomic E-state index is 12.8. The Balaban J connectivity index is 4.36. The van der Waals surface area contributed by atoms with Gasteiger partial charge in [0.2, 0.25) is 5.91 Å². The lowest BCUT2D eigenvalue weighted by Gasteiger charge is -2.29. The number of rotatable bonds is 41. The average molecular weight is 821 g/mol. The minimum absolute atomic E-state index is 0.0131. The molecule has 8 nitrogen and oxygen atoms in total. The van der Waals surface area contributed by atoms with Crippen molar-refractivity contribution in [2.24, 2.45) is 0 Å². The lowest BCUT2D eigenvalue weighted by Crippen LogP contribution is -2.45. The van der Waals surface area contributed by atoms with Crippen LogP contribution < -0.4 is 10.2 Å². The molecule has 1 amide bonds. The second-order valence-electron chi connectivity index (χ2n) is 16.7. The third-order valence-corrected chi connectivity index (χ3v) is 10.9. The molecule has 0 rings (SSSR count). The van der Waals surface area contributed by atoms with Crippen LogP contribution in [0.1, 0.15) is 187 Å². The summed E-state index contributed by atoms with van der Waals surface area (Å²) in [4.78, 5) is 25.3. The first-order valence-corrected chi connectivity index (χ1v) is 24.6. The normalized spacial score (nSPS) is 14.9. The van der Waals surface area contributed by atoms with Gasteiger partial charge in [-0.15, -0.1) is 0 Å². The van der Waals surface area contributed by atoms with Crippen molar-refractivity contribution in [2.75, 3.05) is 40.9 Å². The highest BCUT2D eigenvalue weighted by Gasteiger charge is 2.23. The van der Waals surface area contributed by atoms with E-state index in [1.165, 1.54) is 96.3 Å². The van der Waals surface area contributed by atoms with Gasteiger partial charge in [0.25, 0.3) is 7.82 Å². The fourth-order valence-electron chi connectivity index (χ4n) is 6.20. The van der Waals surface area contributed by atoms with E-state index in [1.54, 1.807) is 6.08 Å². The molecule has 0 aliphatic carbocycles. The lowest BCUT2D eigenvalue weighted by molar-refractivity contribution is -0.870. The highest BCUT2D eigenvalue weighted by Crippen LogP contribution is 2.38. The first-order chi connectivity index (χ1) is 27.5. The Hall–Kier alpha value is -1.80. The largest absolute Gasteiger partial charge is 0.756 e. The van der Waals surface area contributed by atoms with Crippen LogP contribution in [0.25, 0.3) is 0 Å². The van der Waals surface area contributed by atoms with E-state index in [4.69, 9.17) is 9.05 Å². The molecule has 0 aliphatic heterocycles. The van der Waals surface area contributed by atoms with E-state index in [2.05, 4.69) is 67.8 Å². The van der Waals surface area contributed by atoms with Gasteiger partial charge >= 0.3 is 0 Å². The van der Waals surface area contributed by atoms with Crippen LogP contribution in [0.3, 0.4) is 0 Å². The van der Waals surface area contributed by atoms with E-state index in [1.807, 2.05) is 27.2 Å². The van der Waals surface area contributed by atoms with Gasteiger partial charge in [0, 0.05) is 6.42 Å². The van der Waals surface area contributed by atoms with E-state index >= 15 is 0 Å². The third-order valence-electron chi connectivity index (χ3n) is 9.93. The fraction of sp³-hybridized carbons (Fsp3) is 0.771. The van der Waals surface area contributed by atoms with Crippen molar-refractivity contribution in [3.63, 3.8) is 0 Å². The number of aliphatic hydroxyl groups is 1. The molecule has 0 aliphatic rings. The summed E-state index contributed by atoms with van der Waals surface area (Å²) < 4.78 is 23.1. The Kier molecular flexibility index (Phi) is 38.4. The second-order valence-corrected chi connectivity index (χ2v) is 18.1. The van der Waals surface area contributed by atoms with Crippen molar-refractivity contribution in [3.8, 4) is 0 Å². The Morgan fingerprint density at radius 1 is 0.614 bits per heavy atom. The van der Waals surface area contributed by atoms with E-state index < -0.39 is 26.6 Å². The van der Waals surface area contributed by atoms with Crippen molar-refractivity contribution in [1.29, 1.82) is 0 Å². The molecule has 0 heterocycles. The molecule has 0 aromatic carbocycles. The maximum Gasteiger partial charge on any atom is 0.268 e. The number of quaternary nitrogens is 1. The number of nitrogens with zero attached hydrogens (tertiary/aromatic N) is 1. The number of allylic oxidation sites excluding steroid dienone is 9. The zero-order chi connectivity index (χ0) is 42.1. The number of hydrogen-bond donors (Lipinski definition) is 2. The first kappa shape index (κ1) is 55.2. The second kappa shape index (κ2) is 39.6.